The number of halogens is 4. The molecule has 1 aliphatic carbocycles. The van der Waals surface area contributed by atoms with Gasteiger partial charge in [-0.1, -0.05) is 17.6 Å². The fourth-order valence-corrected chi connectivity index (χ4v) is 5.68. The second kappa shape index (κ2) is 13.0. The molecule has 0 spiro atoms. The molecule has 0 bridgehead atoms. The Balaban J connectivity index is 1.57. The first-order chi connectivity index (χ1) is 19.8. The third-order valence-corrected chi connectivity index (χ3v) is 8.00. The molecule has 0 atom stereocenters. The van der Waals surface area contributed by atoms with Crippen molar-refractivity contribution in [3.63, 3.8) is 0 Å². The van der Waals surface area contributed by atoms with E-state index in [1.54, 1.807) is 18.2 Å². The summed E-state index contributed by atoms with van der Waals surface area (Å²) in [7, 11) is 0.457. The molecule has 0 saturated heterocycles. The van der Waals surface area contributed by atoms with Crippen molar-refractivity contribution in [1.29, 1.82) is 0 Å². The Morgan fingerprint density at radius 3 is 2.50 bits per heavy atom. The van der Waals surface area contributed by atoms with Gasteiger partial charge >= 0.3 is 6.18 Å². The van der Waals surface area contributed by atoms with E-state index < -0.39 is 29.4 Å². The highest BCUT2D eigenvalue weighted by atomic mass is 32.2. The number of sulfone groups is 1. The van der Waals surface area contributed by atoms with E-state index in [4.69, 9.17) is 4.74 Å². The summed E-state index contributed by atoms with van der Waals surface area (Å²) in [5.74, 6) is 5.65. The number of fused-ring (bicyclic) bond motifs is 1. The van der Waals surface area contributed by atoms with Gasteiger partial charge < -0.3 is 24.8 Å². The van der Waals surface area contributed by atoms with Crippen LogP contribution in [0.4, 0.5) is 28.9 Å². The van der Waals surface area contributed by atoms with Crippen LogP contribution < -0.4 is 15.4 Å². The predicted octanol–water partition coefficient (Wildman–Crippen LogP) is 6.18. The van der Waals surface area contributed by atoms with E-state index in [0.29, 0.717) is 16.6 Å². The van der Waals surface area contributed by atoms with Gasteiger partial charge in [0.1, 0.15) is 12.3 Å². The van der Waals surface area contributed by atoms with Crippen molar-refractivity contribution in [3.05, 3.63) is 59.9 Å². The van der Waals surface area contributed by atoms with Gasteiger partial charge in [0.05, 0.1) is 28.3 Å². The number of alkyl halides is 4. The molecule has 226 valence electrons. The molecule has 42 heavy (non-hydrogen) atoms. The normalized spacial score (nSPS) is 15.6. The van der Waals surface area contributed by atoms with Gasteiger partial charge in [0.25, 0.3) is 0 Å². The molecular formula is C30H34F4N4O3S. The summed E-state index contributed by atoms with van der Waals surface area (Å²) in [5.41, 5.74) is 3.07. The maximum atomic E-state index is 13.6. The molecule has 1 fully saturated rings. The Kier molecular flexibility index (Phi) is 9.61. The lowest BCUT2D eigenvalue weighted by Crippen LogP contribution is -2.23. The van der Waals surface area contributed by atoms with E-state index in [1.807, 2.05) is 25.1 Å². The second-order valence-electron chi connectivity index (χ2n) is 10.5. The Bertz CT molecular complexity index is 1610. The number of anilines is 2. The topological polar surface area (TPSA) is 75.6 Å². The van der Waals surface area contributed by atoms with E-state index in [2.05, 4.69) is 28.7 Å². The molecular weight excluding hydrogens is 572 g/mol. The van der Waals surface area contributed by atoms with Crippen LogP contribution in [0.2, 0.25) is 0 Å². The van der Waals surface area contributed by atoms with E-state index in [9.17, 15) is 26.0 Å². The van der Waals surface area contributed by atoms with Crippen molar-refractivity contribution in [3.8, 4) is 17.6 Å². The van der Waals surface area contributed by atoms with Gasteiger partial charge in [0, 0.05) is 43.5 Å². The summed E-state index contributed by atoms with van der Waals surface area (Å²) >= 11 is 0. The molecule has 1 saturated carbocycles. The maximum Gasteiger partial charge on any atom is 0.406 e. The second-order valence-corrected chi connectivity index (χ2v) is 12.5. The van der Waals surface area contributed by atoms with Crippen LogP contribution in [-0.2, 0) is 16.4 Å². The van der Waals surface area contributed by atoms with E-state index in [1.165, 1.54) is 23.8 Å². The van der Waals surface area contributed by atoms with Crippen molar-refractivity contribution >= 4 is 32.1 Å². The molecule has 7 nitrogen and oxygen atoms in total. The summed E-state index contributed by atoms with van der Waals surface area (Å²) in [5, 5.41) is 7.11. The van der Waals surface area contributed by atoms with Gasteiger partial charge in [-0.25, -0.2) is 12.8 Å². The van der Waals surface area contributed by atoms with Crippen LogP contribution in [0.3, 0.4) is 0 Å². The summed E-state index contributed by atoms with van der Waals surface area (Å²) in [6.07, 6.45) is 2.49. The summed E-state index contributed by atoms with van der Waals surface area (Å²) in [6, 6.07) is 11.1. The lowest BCUT2D eigenvalue weighted by molar-refractivity contribution is -0.140. The van der Waals surface area contributed by atoms with Crippen molar-refractivity contribution in [1.82, 2.24) is 9.47 Å². The Morgan fingerprint density at radius 1 is 1.12 bits per heavy atom. The van der Waals surface area contributed by atoms with Gasteiger partial charge in [-0.2, -0.15) is 13.2 Å². The molecule has 1 heterocycles. The van der Waals surface area contributed by atoms with Crippen LogP contribution in [-0.4, -0.2) is 63.9 Å². The monoisotopic (exact) mass is 606 g/mol. The number of ether oxygens (including phenoxy) is 1. The van der Waals surface area contributed by atoms with E-state index in [0.717, 1.165) is 42.2 Å². The lowest BCUT2D eigenvalue weighted by atomic mass is 9.91. The quantitative estimate of drug-likeness (QED) is 0.224. The first-order valence-corrected chi connectivity index (χ1v) is 15.3. The van der Waals surface area contributed by atoms with Crippen molar-refractivity contribution in [2.24, 2.45) is 0 Å². The number of aromatic nitrogens is 1. The van der Waals surface area contributed by atoms with Crippen LogP contribution in [0.5, 0.6) is 5.75 Å². The third kappa shape index (κ3) is 8.12. The molecule has 1 aromatic heterocycles. The average Bonchev–Trinajstić information content (AvgIpc) is 3.24. The molecule has 2 N–H and O–H groups in total. The van der Waals surface area contributed by atoms with Gasteiger partial charge in [-0.15, -0.1) is 0 Å². The van der Waals surface area contributed by atoms with Crippen molar-refractivity contribution < 1.29 is 30.7 Å². The minimum absolute atomic E-state index is 0.00953. The smallest absolute Gasteiger partial charge is 0.406 e. The van der Waals surface area contributed by atoms with Crippen LogP contribution in [0.15, 0.2) is 59.1 Å². The number of benzene rings is 2. The minimum atomic E-state index is -4.46. The van der Waals surface area contributed by atoms with Crippen molar-refractivity contribution in [2.45, 2.75) is 49.3 Å². The number of nitrogens with one attached hydrogen (secondary N) is 2. The summed E-state index contributed by atoms with van der Waals surface area (Å²) in [6.45, 7) is -2.37. The highest BCUT2D eigenvalue weighted by Gasteiger charge is 2.30. The van der Waals surface area contributed by atoms with Gasteiger partial charge in [0.2, 0.25) is 6.86 Å². The van der Waals surface area contributed by atoms with Crippen LogP contribution in [0, 0.1) is 11.8 Å². The number of hydrogen-bond donors (Lipinski definition) is 2. The van der Waals surface area contributed by atoms with E-state index >= 15 is 0 Å². The molecule has 2 aromatic carbocycles. The van der Waals surface area contributed by atoms with Gasteiger partial charge in [0.15, 0.2) is 9.84 Å². The molecule has 0 radical (unpaired) electrons. The predicted molar refractivity (Wildman–Crippen MR) is 157 cm³/mol. The fourth-order valence-electron chi connectivity index (χ4n) is 5.04. The Hall–Kier alpha value is -3.85. The molecule has 3 aromatic rings. The third-order valence-electron chi connectivity index (χ3n) is 6.89. The largest absolute Gasteiger partial charge is 0.461 e. The molecule has 0 unspecified atom stereocenters. The fraction of sp³-hybridized carbons (Fsp3) is 0.400. The standard InChI is InChI=1S/C30H34F4N4O3S/c1-37(2)18-21-9-11-22(12-10-21)36-26-7-4-8-28-25(26)16-23(38(28)19-30(32,33)34)6-5-15-35-27-14-13-24(42(3,39)40)17-29(27)41-20-31/h4,7-8,13-14,16-18,22,35-36H,9-12,15,19-20H2,1-3H3. The molecule has 1 aliphatic rings. The van der Waals surface area contributed by atoms with Crippen LogP contribution >= 0.6 is 0 Å². The molecule has 12 heteroatoms. The molecule has 0 amide bonds. The number of allylic oxidation sites excluding steroid dienone is 1. The lowest BCUT2D eigenvalue weighted by Gasteiger charge is -2.27. The highest BCUT2D eigenvalue weighted by Crippen LogP contribution is 2.33. The molecule has 0 aliphatic heterocycles. The number of rotatable bonds is 9. The minimum Gasteiger partial charge on any atom is -0.461 e. The first kappa shape index (κ1) is 31.1. The highest BCUT2D eigenvalue weighted by molar-refractivity contribution is 7.90. The SMILES string of the molecule is CN(C)C=C1CCC(Nc2cccc3c2cc(C#CCNc2ccc(S(C)(=O)=O)cc2OCF)n3CC(F)(F)F)CC1. The number of nitrogens with zero attached hydrogens (tertiary/aromatic N) is 2. The maximum absolute atomic E-state index is 13.6. The van der Waals surface area contributed by atoms with E-state index in [-0.39, 0.29) is 28.9 Å². The van der Waals surface area contributed by atoms with Crippen molar-refractivity contribution in [2.75, 3.05) is 44.4 Å². The van der Waals surface area contributed by atoms with Crippen LogP contribution in [0.1, 0.15) is 31.4 Å². The summed E-state index contributed by atoms with van der Waals surface area (Å²) < 4.78 is 83.3. The Morgan fingerprint density at radius 2 is 1.86 bits per heavy atom. The zero-order valence-electron chi connectivity index (χ0n) is 23.7. The summed E-state index contributed by atoms with van der Waals surface area (Å²) in [4.78, 5) is 2.00. The molecule has 4 rings (SSSR count). The average molecular weight is 607 g/mol. The van der Waals surface area contributed by atoms with Crippen LogP contribution in [0.25, 0.3) is 10.9 Å². The zero-order valence-corrected chi connectivity index (χ0v) is 24.5. The first-order valence-electron chi connectivity index (χ1n) is 13.4. The number of hydrogen-bond acceptors (Lipinski definition) is 6. The zero-order chi connectivity index (χ0) is 30.5. The van der Waals surface area contributed by atoms with Gasteiger partial charge in [-0.3, -0.25) is 0 Å². The Labute approximate surface area is 243 Å². The van der Waals surface area contributed by atoms with Gasteiger partial charge in [-0.05, 0) is 68.1 Å².